The number of aromatic nitrogens is 3. The third-order valence-corrected chi connectivity index (χ3v) is 5.41. The van der Waals surface area contributed by atoms with Crippen molar-refractivity contribution in [3.8, 4) is 11.4 Å². The molecule has 2 aromatic heterocycles. The summed E-state index contributed by atoms with van der Waals surface area (Å²) in [5, 5.41) is 9.78. The topological polar surface area (TPSA) is 53.1 Å². The molecule has 0 bridgehead atoms. The van der Waals surface area contributed by atoms with E-state index in [1.807, 2.05) is 30.3 Å². The van der Waals surface area contributed by atoms with Gasteiger partial charge in [-0.2, -0.15) is 0 Å². The molecule has 1 aliphatic heterocycles. The van der Waals surface area contributed by atoms with E-state index in [-0.39, 0.29) is 0 Å². The minimum Gasteiger partial charge on any atom is -0.467 e. The molecule has 0 spiro atoms. The molecule has 1 atom stereocenters. The van der Waals surface area contributed by atoms with Crippen LogP contribution >= 0.6 is 11.8 Å². The van der Waals surface area contributed by atoms with E-state index < -0.39 is 0 Å². The Kier molecular flexibility index (Phi) is 5.18. The molecule has 1 aliphatic rings. The van der Waals surface area contributed by atoms with Gasteiger partial charge in [-0.05, 0) is 31.4 Å². The molecule has 3 aromatic rings. The lowest BCUT2D eigenvalue weighted by molar-refractivity contribution is 0.0315. The Morgan fingerprint density at radius 1 is 1.08 bits per heavy atom. The summed E-state index contributed by atoms with van der Waals surface area (Å²) in [6, 6.07) is 14.0. The molecule has 0 radical (unpaired) electrons. The van der Waals surface area contributed by atoms with Crippen LogP contribution in [0.4, 0.5) is 0 Å². The van der Waals surface area contributed by atoms with Gasteiger partial charge in [0.25, 0.3) is 0 Å². The Hall–Kier alpha value is -2.05. The average Bonchev–Trinajstić information content (AvgIpc) is 3.32. The highest BCUT2D eigenvalue weighted by Gasteiger charge is 2.19. The molecule has 1 aromatic carbocycles. The van der Waals surface area contributed by atoms with Gasteiger partial charge in [0.2, 0.25) is 0 Å². The lowest BCUT2D eigenvalue weighted by Gasteiger charge is -2.21. The number of ether oxygens (including phenoxy) is 1. The third kappa shape index (κ3) is 3.96. The van der Waals surface area contributed by atoms with Crippen LogP contribution in [-0.2, 0) is 11.3 Å². The second-order valence-corrected chi connectivity index (χ2v) is 7.12. The van der Waals surface area contributed by atoms with Crippen LogP contribution in [-0.4, -0.2) is 33.2 Å². The Bertz CT molecular complexity index is 780. The van der Waals surface area contributed by atoms with Crippen molar-refractivity contribution in [2.45, 2.75) is 37.1 Å². The molecule has 0 N–H and O–H groups in total. The Balaban J connectivity index is 1.58. The molecule has 0 saturated carbocycles. The summed E-state index contributed by atoms with van der Waals surface area (Å²) in [4.78, 5) is 0. The smallest absolute Gasteiger partial charge is 0.192 e. The SMILES string of the molecule is c1ccc(-c2nnc(SCC3CCCCO3)n2Cc2ccco2)cc1. The van der Waals surface area contributed by atoms with Gasteiger partial charge in [-0.15, -0.1) is 10.2 Å². The van der Waals surface area contributed by atoms with Crippen LogP contribution in [0.15, 0.2) is 58.3 Å². The van der Waals surface area contributed by atoms with Crippen molar-refractivity contribution >= 4 is 11.8 Å². The van der Waals surface area contributed by atoms with Gasteiger partial charge in [-0.3, -0.25) is 4.57 Å². The van der Waals surface area contributed by atoms with E-state index in [1.165, 1.54) is 12.8 Å². The van der Waals surface area contributed by atoms with Crippen molar-refractivity contribution in [1.82, 2.24) is 14.8 Å². The van der Waals surface area contributed by atoms with E-state index in [0.717, 1.165) is 41.1 Å². The third-order valence-electron chi connectivity index (χ3n) is 4.32. The first-order chi connectivity index (χ1) is 12.4. The Morgan fingerprint density at radius 3 is 2.76 bits per heavy atom. The predicted octanol–water partition coefficient (Wildman–Crippen LogP) is 4.25. The summed E-state index contributed by atoms with van der Waals surface area (Å²) in [6.07, 6.45) is 5.57. The Morgan fingerprint density at radius 2 is 2.00 bits per heavy atom. The first-order valence-electron chi connectivity index (χ1n) is 8.65. The minimum atomic E-state index is 0.313. The number of rotatable bonds is 6. The van der Waals surface area contributed by atoms with E-state index in [9.17, 15) is 0 Å². The van der Waals surface area contributed by atoms with Crippen molar-refractivity contribution in [2.75, 3.05) is 12.4 Å². The van der Waals surface area contributed by atoms with Gasteiger partial charge in [0, 0.05) is 17.9 Å². The highest BCUT2D eigenvalue weighted by Crippen LogP contribution is 2.27. The maximum absolute atomic E-state index is 5.84. The van der Waals surface area contributed by atoms with E-state index in [1.54, 1.807) is 18.0 Å². The highest BCUT2D eigenvalue weighted by molar-refractivity contribution is 7.99. The van der Waals surface area contributed by atoms with Crippen LogP contribution in [0.5, 0.6) is 0 Å². The molecule has 3 heterocycles. The second kappa shape index (κ2) is 7.89. The largest absolute Gasteiger partial charge is 0.467 e. The molecule has 1 saturated heterocycles. The monoisotopic (exact) mass is 355 g/mol. The van der Waals surface area contributed by atoms with E-state index in [2.05, 4.69) is 26.9 Å². The van der Waals surface area contributed by atoms with Crippen LogP contribution in [0.2, 0.25) is 0 Å². The minimum absolute atomic E-state index is 0.313. The zero-order valence-electron chi connectivity index (χ0n) is 14.0. The van der Waals surface area contributed by atoms with E-state index in [4.69, 9.17) is 9.15 Å². The zero-order chi connectivity index (χ0) is 16.9. The van der Waals surface area contributed by atoms with Gasteiger partial charge in [-0.1, -0.05) is 42.1 Å². The molecule has 1 fully saturated rings. The van der Waals surface area contributed by atoms with E-state index >= 15 is 0 Å². The van der Waals surface area contributed by atoms with Gasteiger partial charge >= 0.3 is 0 Å². The zero-order valence-corrected chi connectivity index (χ0v) is 14.8. The fourth-order valence-corrected chi connectivity index (χ4v) is 4.01. The molecule has 130 valence electrons. The van der Waals surface area contributed by atoms with Crippen molar-refractivity contribution in [2.24, 2.45) is 0 Å². The lowest BCUT2D eigenvalue weighted by Crippen LogP contribution is -2.21. The summed E-state index contributed by atoms with van der Waals surface area (Å²) < 4.78 is 13.5. The fraction of sp³-hybridized carbons (Fsp3) is 0.368. The Labute approximate surface area is 151 Å². The van der Waals surface area contributed by atoms with Gasteiger partial charge in [0.1, 0.15) is 5.76 Å². The van der Waals surface area contributed by atoms with Crippen molar-refractivity contribution in [1.29, 1.82) is 0 Å². The average molecular weight is 355 g/mol. The first-order valence-corrected chi connectivity index (χ1v) is 9.64. The van der Waals surface area contributed by atoms with Gasteiger partial charge in [-0.25, -0.2) is 0 Å². The van der Waals surface area contributed by atoms with Crippen LogP contribution in [0.25, 0.3) is 11.4 Å². The summed E-state index contributed by atoms with van der Waals surface area (Å²) >= 11 is 1.71. The number of hydrogen-bond acceptors (Lipinski definition) is 5. The molecule has 1 unspecified atom stereocenters. The standard InChI is InChI=1S/C19H21N3O2S/c1-2-7-15(8-3-1)18-20-21-19(22(18)13-16-10-6-12-23-16)25-14-17-9-4-5-11-24-17/h1-3,6-8,10,12,17H,4-5,9,11,13-14H2. The predicted molar refractivity (Wildman–Crippen MR) is 97.6 cm³/mol. The summed E-state index contributed by atoms with van der Waals surface area (Å²) in [5.74, 6) is 2.67. The van der Waals surface area contributed by atoms with Crippen molar-refractivity contribution < 1.29 is 9.15 Å². The number of hydrogen-bond donors (Lipinski definition) is 0. The number of thioether (sulfide) groups is 1. The fourth-order valence-electron chi connectivity index (χ4n) is 3.00. The molecular formula is C19H21N3O2S. The summed E-state index contributed by atoms with van der Waals surface area (Å²) in [5.41, 5.74) is 1.06. The molecule has 5 nitrogen and oxygen atoms in total. The van der Waals surface area contributed by atoms with Gasteiger partial charge in [0.05, 0.1) is 18.9 Å². The molecule has 25 heavy (non-hydrogen) atoms. The normalized spacial score (nSPS) is 17.7. The highest BCUT2D eigenvalue weighted by atomic mass is 32.2. The first kappa shape index (κ1) is 16.4. The van der Waals surface area contributed by atoms with Crippen molar-refractivity contribution in [3.63, 3.8) is 0 Å². The van der Waals surface area contributed by atoms with Crippen LogP contribution < -0.4 is 0 Å². The van der Waals surface area contributed by atoms with E-state index in [0.29, 0.717) is 12.6 Å². The summed E-state index contributed by atoms with van der Waals surface area (Å²) in [6.45, 7) is 1.50. The number of furan rings is 1. The maximum atomic E-state index is 5.84. The molecular weight excluding hydrogens is 334 g/mol. The van der Waals surface area contributed by atoms with Gasteiger partial charge < -0.3 is 9.15 Å². The van der Waals surface area contributed by atoms with Gasteiger partial charge in [0.15, 0.2) is 11.0 Å². The van der Waals surface area contributed by atoms with Crippen LogP contribution in [0.1, 0.15) is 25.0 Å². The number of benzene rings is 1. The maximum Gasteiger partial charge on any atom is 0.192 e. The van der Waals surface area contributed by atoms with Crippen LogP contribution in [0, 0.1) is 0 Å². The summed E-state index contributed by atoms with van der Waals surface area (Å²) in [7, 11) is 0. The molecule has 0 aliphatic carbocycles. The number of nitrogens with zero attached hydrogens (tertiary/aromatic N) is 3. The quantitative estimate of drug-likeness (QED) is 0.619. The van der Waals surface area contributed by atoms with Crippen LogP contribution in [0.3, 0.4) is 0 Å². The molecule has 6 heteroatoms. The molecule has 0 amide bonds. The lowest BCUT2D eigenvalue weighted by atomic mass is 10.1. The second-order valence-electron chi connectivity index (χ2n) is 6.14. The molecule has 4 rings (SSSR count). The van der Waals surface area contributed by atoms with Crippen molar-refractivity contribution in [3.05, 3.63) is 54.5 Å².